The van der Waals surface area contributed by atoms with Crippen molar-refractivity contribution in [2.24, 2.45) is 5.92 Å². The van der Waals surface area contributed by atoms with Crippen LogP contribution >= 0.6 is 0 Å². The van der Waals surface area contributed by atoms with Gasteiger partial charge in [0.05, 0.1) is 16.2 Å². The number of amides is 1. The van der Waals surface area contributed by atoms with Crippen molar-refractivity contribution in [3.63, 3.8) is 0 Å². The van der Waals surface area contributed by atoms with E-state index in [1.807, 2.05) is 0 Å². The SMILES string of the molecule is O=C(c1ccccc1F)N1CCC(CS(=O)(=O)c2ccccc2)CC1. The van der Waals surface area contributed by atoms with E-state index in [0.717, 1.165) is 0 Å². The summed E-state index contributed by atoms with van der Waals surface area (Å²) in [5.74, 6) is -0.766. The molecule has 2 aromatic rings. The van der Waals surface area contributed by atoms with Gasteiger partial charge in [-0.3, -0.25) is 4.79 Å². The Morgan fingerprint density at radius 3 is 2.24 bits per heavy atom. The molecule has 1 fully saturated rings. The predicted octanol–water partition coefficient (Wildman–Crippen LogP) is 3.15. The van der Waals surface area contributed by atoms with Crippen LogP contribution in [0.2, 0.25) is 0 Å². The molecular weight excluding hydrogens is 341 g/mol. The fourth-order valence-electron chi connectivity index (χ4n) is 3.14. The molecule has 0 aliphatic carbocycles. The fraction of sp³-hybridized carbons (Fsp3) is 0.316. The van der Waals surface area contributed by atoms with E-state index in [4.69, 9.17) is 0 Å². The molecule has 0 bridgehead atoms. The molecule has 25 heavy (non-hydrogen) atoms. The van der Waals surface area contributed by atoms with Gasteiger partial charge in [0.15, 0.2) is 9.84 Å². The largest absolute Gasteiger partial charge is 0.339 e. The molecule has 6 heteroatoms. The minimum atomic E-state index is -3.32. The number of benzene rings is 2. The molecule has 0 atom stereocenters. The van der Waals surface area contributed by atoms with Gasteiger partial charge in [-0.05, 0) is 43.0 Å². The first kappa shape index (κ1) is 17.6. The molecule has 1 heterocycles. The summed E-state index contributed by atoms with van der Waals surface area (Å²) in [4.78, 5) is 14.3. The van der Waals surface area contributed by atoms with Crippen molar-refractivity contribution in [3.05, 3.63) is 66.0 Å². The first-order valence-corrected chi connectivity index (χ1v) is 9.94. The molecule has 1 aliphatic heterocycles. The van der Waals surface area contributed by atoms with Crippen LogP contribution in [0, 0.1) is 11.7 Å². The minimum Gasteiger partial charge on any atom is -0.339 e. The lowest BCUT2D eigenvalue weighted by Gasteiger charge is -2.32. The Balaban J connectivity index is 1.61. The summed E-state index contributed by atoms with van der Waals surface area (Å²) in [5, 5.41) is 0. The summed E-state index contributed by atoms with van der Waals surface area (Å²) < 4.78 is 38.7. The van der Waals surface area contributed by atoms with Crippen LogP contribution in [0.5, 0.6) is 0 Å². The molecule has 1 aliphatic rings. The maximum absolute atomic E-state index is 13.8. The van der Waals surface area contributed by atoms with Crippen LogP contribution in [-0.4, -0.2) is 38.1 Å². The molecule has 2 aromatic carbocycles. The van der Waals surface area contributed by atoms with E-state index in [-0.39, 0.29) is 23.1 Å². The number of carbonyl (C=O) groups is 1. The number of nitrogens with zero attached hydrogens (tertiary/aromatic N) is 1. The molecule has 0 spiro atoms. The summed E-state index contributed by atoms with van der Waals surface area (Å²) >= 11 is 0. The average molecular weight is 361 g/mol. The van der Waals surface area contributed by atoms with E-state index in [2.05, 4.69) is 0 Å². The predicted molar refractivity (Wildman–Crippen MR) is 93.5 cm³/mol. The number of halogens is 1. The van der Waals surface area contributed by atoms with Gasteiger partial charge in [-0.15, -0.1) is 0 Å². The summed E-state index contributed by atoms with van der Waals surface area (Å²) in [6.07, 6.45) is 1.21. The average Bonchev–Trinajstić information content (AvgIpc) is 2.63. The van der Waals surface area contributed by atoms with Gasteiger partial charge in [0.2, 0.25) is 0 Å². The molecule has 0 unspecified atom stereocenters. The van der Waals surface area contributed by atoms with Gasteiger partial charge in [-0.1, -0.05) is 30.3 Å². The highest BCUT2D eigenvalue weighted by molar-refractivity contribution is 7.91. The zero-order chi connectivity index (χ0) is 17.9. The highest BCUT2D eigenvalue weighted by Gasteiger charge is 2.28. The van der Waals surface area contributed by atoms with Crippen molar-refractivity contribution in [2.45, 2.75) is 17.7 Å². The monoisotopic (exact) mass is 361 g/mol. The Bertz CT molecular complexity index is 844. The van der Waals surface area contributed by atoms with E-state index < -0.39 is 15.7 Å². The van der Waals surface area contributed by atoms with Gasteiger partial charge in [-0.25, -0.2) is 12.8 Å². The van der Waals surface area contributed by atoms with Gasteiger partial charge >= 0.3 is 0 Å². The smallest absolute Gasteiger partial charge is 0.256 e. The van der Waals surface area contributed by atoms with Gasteiger partial charge in [0.1, 0.15) is 5.82 Å². The first-order valence-electron chi connectivity index (χ1n) is 8.29. The maximum atomic E-state index is 13.8. The molecule has 1 amide bonds. The number of carbonyl (C=O) groups excluding carboxylic acids is 1. The molecular formula is C19H20FNO3S. The highest BCUT2D eigenvalue weighted by Crippen LogP contribution is 2.24. The standard InChI is InChI=1S/C19H20FNO3S/c20-18-9-5-4-8-17(18)19(22)21-12-10-15(11-13-21)14-25(23,24)16-6-2-1-3-7-16/h1-9,15H,10-14H2. The van der Waals surface area contributed by atoms with Crippen LogP contribution in [0.1, 0.15) is 23.2 Å². The van der Waals surface area contributed by atoms with E-state index in [1.165, 1.54) is 12.1 Å². The molecule has 0 saturated carbocycles. The van der Waals surface area contributed by atoms with Crippen LogP contribution in [-0.2, 0) is 9.84 Å². The van der Waals surface area contributed by atoms with Crippen molar-refractivity contribution in [1.82, 2.24) is 4.90 Å². The second-order valence-electron chi connectivity index (χ2n) is 6.31. The van der Waals surface area contributed by atoms with Crippen LogP contribution in [0.25, 0.3) is 0 Å². The number of rotatable bonds is 4. The Labute approximate surface area is 147 Å². The second-order valence-corrected chi connectivity index (χ2v) is 8.34. The molecule has 1 saturated heterocycles. The van der Waals surface area contributed by atoms with Crippen molar-refractivity contribution in [1.29, 1.82) is 0 Å². The Hall–Kier alpha value is -2.21. The topological polar surface area (TPSA) is 54.5 Å². The van der Waals surface area contributed by atoms with Gasteiger partial charge in [0.25, 0.3) is 5.91 Å². The summed E-state index contributed by atoms with van der Waals surface area (Å²) in [5.41, 5.74) is 0.0675. The van der Waals surface area contributed by atoms with E-state index in [9.17, 15) is 17.6 Å². The van der Waals surface area contributed by atoms with Gasteiger partial charge in [-0.2, -0.15) is 0 Å². The Morgan fingerprint density at radius 2 is 1.60 bits per heavy atom. The maximum Gasteiger partial charge on any atom is 0.256 e. The lowest BCUT2D eigenvalue weighted by atomic mass is 9.98. The van der Waals surface area contributed by atoms with Crippen molar-refractivity contribution in [2.75, 3.05) is 18.8 Å². The van der Waals surface area contributed by atoms with Crippen LogP contribution in [0.3, 0.4) is 0 Å². The third-order valence-electron chi connectivity index (χ3n) is 4.56. The number of hydrogen-bond donors (Lipinski definition) is 0. The zero-order valence-corrected chi connectivity index (χ0v) is 14.6. The molecule has 3 rings (SSSR count). The molecule has 4 nitrogen and oxygen atoms in total. The van der Waals surface area contributed by atoms with E-state index >= 15 is 0 Å². The van der Waals surface area contributed by atoms with Gasteiger partial charge < -0.3 is 4.90 Å². The van der Waals surface area contributed by atoms with Gasteiger partial charge in [0, 0.05) is 13.1 Å². The molecule has 0 aromatic heterocycles. The molecule has 0 N–H and O–H groups in total. The van der Waals surface area contributed by atoms with Crippen molar-refractivity contribution < 1.29 is 17.6 Å². The third-order valence-corrected chi connectivity index (χ3v) is 6.46. The second kappa shape index (κ2) is 7.35. The minimum absolute atomic E-state index is 0.00914. The number of hydrogen-bond acceptors (Lipinski definition) is 3. The summed E-state index contributed by atoms with van der Waals surface area (Å²) in [6, 6.07) is 14.3. The normalized spacial score (nSPS) is 16.0. The lowest BCUT2D eigenvalue weighted by molar-refractivity contribution is 0.0693. The lowest BCUT2D eigenvalue weighted by Crippen LogP contribution is -2.40. The van der Waals surface area contributed by atoms with Crippen LogP contribution in [0.4, 0.5) is 4.39 Å². The Kier molecular flexibility index (Phi) is 5.18. The van der Waals surface area contributed by atoms with Crippen molar-refractivity contribution >= 4 is 15.7 Å². The fourth-order valence-corrected chi connectivity index (χ4v) is 4.86. The summed E-state index contributed by atoms with van der Waals surface area (Å²) in [7, 11) is -3.32. The highest BCUT2D eigenvalue weighted by atomic mass is 32.2. The number of likely N-dealkylation sites (tertiary alicyclic amines) is 1. The third kappa shape index (κ3) is 4.07. The quantitative estimate of drug-likeness (QED) is 0.841. The van der Waals surface area contributed by atoms with E-state index in [0.29, 0.717) is 30.8 Å². The molecule has 0 radical (unpaired) electrons. The van der Waals surface area contributed by atoms with Crippen LogP contribution in [0.15, 0.2) is 59.5 Å². The molecule has 132 valence electrons. The number of sulfone groups is 1. The first-order chi connectivity index (χ1) is 12.0. The van der Waals surface area contributed by atoms with Crippen LogP contribution < -0.4 is 0 Å². The van der Waals surface area contributed by atoms with E-state index in [1.54, 1.807) is 47.4 Å². The zero-order valence-electron chi connectivity index (χ0n) is 13.8. The number of piperidine rings is 1. The Morgan fingerprint density at radius 1 is 1.00 bits per heavy atom. The summed E-state index contributed by atoms with van der Waals surface area (Å²) in [6.45, 7) is 0.893. The van der Waals surface area contributed by atoms with Crippen molar-refractivity contribution in [3.8, 4) is 0 Å².